The average molecular weight is 277 g/mol. The van der Waals surface area contributed by atoms with Gasteiger partial charge in [-0.15, -0.1) is 0 Å². The van der Waals surface area contributed by atoms with Gasteiger partial charge in [-0.3, -0.25) is 4.79 Å². The maximum absolute atomic E-state index is 12.2. The Kier molecular flexibility index (Phi) is 5.55. The number of piperidine rings is 1. The van der Waals surface area contributed by atoms with Crippen molar-refractivity contribution >= 4 is 15.9 Å². The first-order valence-electron chi connectivity index (χ1n) is 6.39. The number of hydrogen-bond donors (Lipinski definition) is 2. The number of amides is 1. The van der Waals surface area contributed by atoms with Crippen molar-refractivity contribution in [2.24, 2.45) is 17.4 Å². The maximum Gasteiger partial charge on any atom is 0.218 e. The molecule has 0 aromatic heterocycles. The molecule has 1 unspecified atom stereocenters. The normalized spacial score (nSPS) is 20.8. The predicted molar refractivity (Wildman–Crippen MR) is 70.2 cm³/mol. The molecule has 1 aliphatic heterocycles. The third-order valence-electron chi connectivity index (χ3n) is 3.56. The number of sulfonamides is 1. The fourth-order valence-corrected chi connectivity index (χ4v) is 4.17. The molecule has 0 aliphatic carbocycles. The van der Waals surface area contributed by atoms with Crippen molar-refractivity contribution in [3.05, 3.63) is 0 Å². The average Bonchev–Trinajstić information content (AvgIpc) is 2.30. The highest BCUT2D eigenvalue weighted by Crippen LogP contribution is 2.24. The molecule has 1 fully saturated rings. The molecule has 0 aromatic carbocycles. The zero-order valence-corrected chi connectivity index (χ0v) is 11.7. The summed E-state index contributed by atoms with van der Waals surface area (Å²) < 4.78 is 26.0. The maximum atomic E-state index is 12.2. The largest absolute Gasteiger partial charge is 0.370 e. The quantitative estimate of drug-likeness (QED) is 0.691. The molecule has 1 amide bonds. The second-order valence-electron chi connectivity index (χ2n) is 4.82. The summed E-state index contributed by atoms with van der Waals surface area (Å²) >= 11 is 0. The minimum atomic E-state index is -3.28. The Labute approximate surface area is 109 Å². The van der Waals surface area contributed by atoms with Gasteiger partial charge in [-0.25, -0.2) is 12.7 Å². The first kappa shape index (κ1) is 15.4. The zero-order valence-electron chi connectivity index (χ0n) is 10.8. The Morgan fingerprint density at radius 1 is 1.39 bits per heavy atom. The van der Waals surface area contributed by atoms with E-state index in [-0.39, 0.29) is 18.4 Å². The van der Waals surface area contributed by atoms with E-state index in [9.17, 15) is 13.2 Å². The van der Waals surface area contributed by atoms with Crippen molar-refractivity contribution in [1.82, 2.24) is 4.31 Å². The second-order valence-corrected chi connectivity index (χ2v) is 7.04. The molecular weight excluding hydrogens is 254 g/mol. The van der Waals surface area contributed by atoms with E-state index >= 15 is 0 Å². The SMILES string of the molecule is CCC(CN)S(=O)(=O)N1CCC(CC(N)=O)CC1. The number of hydrogen-bond acceptors (Lipinski definition) is 4. The molecule has 7 heteroatoms. The Bertz CT molecular complexity index is 371. The molecule has 18 heavy (non-hydrogen) atoms. The molecule has 106 valence electrons. The van der Waals surface area contributed by atoms with Crippen LogP contribution in [0.4, 0.5) is 0 Å². The summed E-state index contributed by atoms with van der Waals surface area (Å²) in [5.74, 6) is -0.100. The van der Waals surface area contributed by atoms with Crippen molar-refractivity contribution in [1.29, 1.82) is 0 Å². The van der Waals surface area contributed by atoms with Crippen molar-refractivity contribution in [2.45, 2.75) is 37.9 Å². The van der Waals surface area contributed by atoms with Crippen LogP contribution in [-0.2, 0) is 14.8 Å². The van der Waals surface area contributed by atoms with Gasteiger partial charge in [0.2, 0.25) is 15.9 Å². The van der Waals surface area contributed by atoms with Crippen LogP contribution in [0.25, 0.3) is 0 Å². The molecule has 1 rings (SSSR count). The summed E-state index contributed by atoms with van der Waals surface area (Å²) in [6.45, 7) is 2.92. The van der Waals surface area contributed by atoms with E-state index in [4.69, 9.17) is 11.5 Å². The minimum absolute atomic E-state index is 0.153. The number of nitrogens with zero attached hydrogens (tertiary/aromatic N) is 1. The van der Waals surface area contributed by atoms with Crippen LogP contribution in [0, 0.1) is 5.92 Å². The van der Waals surface area contributed by atoms with E-state index in [1.165, 1.54) is 4.31 Å². The van der Waals surface area contributed by atoms with Gasteiger partial charge in [-0.2, -0.15) is 0 Å². The van der Waals surface area contributed by atoms with Gasteiger partial charge in [-0.05, 0) is 25.2 Å². The first-order chi connectivity index (χ1) is 8.41. The number of nitrogens with two attached hydrogens (primary N) is 2. The molecule has 4 N–H and O–H groups in total. The van der Waals surface area contributed by atoms with Crippen molar-refractivity contribution in [3.63, 3.8) is 0 Å². The topological polar surface area (TPSA) is 106 Å². The summed E-state index contributed by atoms with van der Waals surface area (Å²) in [6.07, 6.45) is 2.27. The smallest absolute Gasteiger partial charge is 0.218 e. The van der Waals surface area contributed by atoms with Gasteiger partial charge in [0.05, 0.1) is 5.25 Å². The Morgan fingerprint density at radius 2 is 1.94 bits per heavy atom. The van der Waals surface area contributed by atoms with E-state index in [1.807, 2.05) is 6.92 Å². The van der Waals surface area contributed by atoms with Gasteiger partial charge in [0.25, 0.3) is 0 Å². The lowest BCUT2D eigenvalue weighted by Crippen LogP contribution is -2.45. The van der Waals surface area contributed by atoms with Gasteiger partial charge >= 0.3 is 0 Å². The first-order valence-corrected chi connectivity index (χ1v) is 7.89. The number of carbonyl (C=O) groups is 1. The molecule has 0 spiro atoms. The number of carbonyl (C=O) groups excluding carboxylic acids is 1. The predicted octanol–water partition coefficient (Wildman–Crippen LogP) is -0.359. The molecule has 0 bridgehead atoms. The molecule has 0 radical (unpaired) electrons. The Balaban J connectivity index is 2.59. The number of primary amides is 1. The highest BCUT2D eigenvalue weighted by Gasteiger charge is 2.33. The van der Waals surface area contributed by atoms with E-state index in [0.717, 1.165) is 0 Å². The van der Waals surface area contributed by atoms with E-state index < -0.39 is 15.3 Å². The van der Waals surface area contributed by atoms with Gasteiger partial charge < -0.3 is 11.5 Å². The third-order valence-corrected chi connectivity index (χ3v) is 6.02. The van der Waals surface area contributed by atoms with Crippen LogP contribution in [-0.4, -0.2) is 43.5 Å². The van der Waals surface area contributed by atoms with Crippen LogP contribution in [0.1, 0.15) is 32.6 Å². The molecule has 1 heterocycles. The molecule has 0 aromatic rings. The molecule has 1 aliphatic rings. The Morgan fingerprint density at radius 3 is 2.33 bits per heavy atom. The lowest BCUT2D eigenvalue weighted by atomic mass is 9.94. The van der Waals surface area contributed by atoms with Crippen LogP contribution < -0.4 is 11.5 Å². The highest BCUT2D eigenvalue weighted by atomic mass is 32.2. The van der Waals surface area contributed by atoms with Crippen LogP contribution in [0.15, 0.2) is 0 Å². The van der Waals surface area contributed by atoms with Crippen LogP contribution in [0.5, 0.6) is 0 Å². The lowest BCUT2D eigenvalue weighted by molar-refractivity contribution is -0.119. The molecular formula is C11H23N3O3S. The summed E-state index contributed by atoms with van der Waals surface area (Å²) in [6, 6.07) is 0. The summed E-state index contributed by atoms with van der Waals surface area (Å²) in [4.78, 5) is 10.8. The fraction of sp³-hybridized carbons (Fsp3) is 0.909. The number of rotatable bonds is 6. The fourth-order valence-electron chi connectivity index (χ4n) is 2.36. The molecule has 1 saturated heterocycles. The van der Waals surface area contributed by atoms with Gasteiger partial charge in [0, 0.05) is 26.1 Å². The van der Waals surface area contributed by atoms with Crippen LogP contribution in [0.3, 0.4) is 0 Å². The van der Waals surface area contributed by atoms with E-state index in [2.05, 4.69) is 0 Å². The third kappa shape index (κ3) is 3.66. The van der Waals surface area contributed by atoms with Crippen molar-refractivity contribution in [2.75, 3.05) is 19.6 Å². The molecule has 0 saturated carbocycles. The summed E-state index contributed by atoms with van der Waals surface area (Å²) in [5.41, 5.74) is 10.6. The highest BCUT2D eigenvalue weighted by molar-refractivity contribution is 7.89. The van der Waals surface area contributed by atoms with Crippen LogP contribution >= 0.6 is 0 Å². The minimum Gasteiger partial charge on any atom is -0.370 e. The second kappa shape index (κ2) is 6.49. The molecule has 1 atom stereocenters. The van der Waals surface area contributed by atoms with E-state index in [1.54, 1.807) is 0 Å². The van der Waals surface area contributed by atoms with Crippen LogP contribution in [0.2, 0.25) is 0 Å². The summed E-state index contributed by atoms with van der Waals surface area (Å²) in [7, 11) is -3.28. The molecule has 6 nitrogen and oxygen atoms in total. The lowest BCUT2D eigenvalue weighted by Gasteiger charge is -2.33. The van der Waals surface area contributed by atoms with Gasteiger partial charge in [-0.1, -0.05) is 6.92 Å². The van der Waals surface area contributed by atoms with Crippen molar-refractivity contribution in [3.8, 4) is 0 Å². The zero-order chi connectivity index (χ0) is 13.8. The standard InChI is InChI=1S/C11H23N3O3S/c1-2-10(8-12)18(16,17)14-5-3-9(4-6-14)7-11(13)15/h9-10H,2-8,12H2,1H3,(H2,13,15). The van der Waals surface area contributed by atoms with E-state index in [0.29, 0.717) is 38.8 Å². The van der Waals surface area contributed by atoms with Crippen molar-refractivity contribution < 1.29 is 13.2 Å². The summed E-state index contributed by atoms with van der Waals surface area (Å²) in [5, 5.41) is -0.495. The monoisotopic (exact) mass is 277 g/mol. The van der Waals surface area contributed by atoms with Gasteiger partial charge in [0.15, 0.2) is 0 Å². The van der Waals surface area contributed by atoms with Gasteiger partial charge in [0.1, 0.15) is 0 Å². The Hall–Kier alpha value is -0.660.